The van der Waals surface area contributed by atoms with Gasteiger partial charge < -0.3 is 19.5 Å². The van der Waals surface area contributed by atoms with Gasteiger partial charge in [-0.3, -0.25) is 4.79 Å². The van der Waals surface area contributed by atoms with Crippen LogP contribution in [0.4, 0.5) is 5.69 Å². The lowest BCUT2D eigenvalue weighted by Gasteiger charge is -2.14. The molecule has 0 saturated heterocycles. The second-order valence-electron chi connectivity index (χ2n) is 4.99. The number of nitrogens with one attached hydrogen (secondary N) is 1. The maximum Gasteiger partial charge on any atom is 0.338 e. The van der Waals surface area contributed by atoms with Crippen LogP contribution in [0.3, 0.4) is 0 Å². The summed E-state index contributed by atoms with van der Waals surface area (Å²) in [6.07, 6.45) is -0.929. The van der Waals surface area contributed by atoms with Crippen molar-refractivity contribution >= 4 is 17.6 Å². The third-order valence-corrected chi connectivity index (χ3v) is 3.34. The van der Waals surface area contributed by atoms with Crippen LogP contribution in [0.15, 0.2) is 48.5 Å². The number of benzene rings is 2. The van der Waals surface area contributed by atoms with Crippen molar-refractivity contribution in [2.45, 2.75) is 13.0 Å². The van der Waals surface area contributed by atoms with Crippen LogP contribution in [0.5, 0.6) is 11.5 Å². The van der Waals surface area contributed by atoms with E-state index in [1.807, 2.05) is 0 Å². The minimum Gasteiger partial charge on any atom is -0.497 e. The van der Waals surface area contributed by atoms with Crippen LogP contribution in [0.25, 0.3) is 0 Å². The lowest BCUT2D eigenvalue weighted by Crippen LogP contribution is -2.29. The molecule has 0 aromatic heterocycles. The van der Waals surface area contributed by atoms with Gasteiger partial charge in [0.05, 0.1) is 19.8 Å². The molecule has 126 valence electrons. The van der Waals surface area contributed by atoms with Crippen molar-refractivity contribution < 1.29 is 23.8 Å². The van der Waals surface area contributed by atoms with E-state index in [2.05, 4.69) is 5.32 Å². The molecule has 0 aliphatic carbocycles. The molecule has 0 aliphatic heterocycles. The Morgan fingerprint density at radius 3 is 1.88 bits per heavy atom. The third kappa shape index (κ3) is 4.49. The zero-order valence-corrected chi connectivity index (χ0v) is 13.7. The Bertz CT molecular complexity index is 694. The maximum absolute atomic E-state index is 12.1. The van der Waals surface area contributed by atoms with Crippen molar-refractivity contribution in [1.29, 1.82) is 0 Å². The minimum atomic E-state index is -0.929. The SMILES string of the molecule is COc1ccc(NC(=O)C(C)OC(=O)c2ccc(OC)cc2)cc1. The van der Waals surface area contributed by atoms with Crippen molar-refractivity contribution in [3.63, 3.8) is 0 Å². The second kappa shape index (κ2) is 8.01. The molecule has 0 fully saturated rings. The van der Waals surface area contributed by atoms with Crippen molar-refractivity contribution in [3.05, 3.63) is 54.1 Å². The summed E-state index contributed by atoms with van der Waals surface area (Å²) in [4.78, 5) is 24.1. The van der Waals surface area contributed by atoms with Gasteiger partial charge in [0.1, 0.15) is 11.5 Å². The fourth-order valence-corrected chi connectivity index (χ4v) is 1.93. The average molecular weight is 329 g/mol. The number of methoxy groups -OCH3 is 2. The van der Waals surface area contributed by atoms with E-state index in [9.17, 15) is 9.59 Å². The largest absolute Gasteiger partial charge is 0.497 e. The van der Waals surface area contributed by atoms with E-state index >= 15 is 0 Å². The van der Waals surface area contributed by atoms with Gasteiger partial charge in [0, 0.05) is 5.69 Å². The molecule has 0 heterocycles. The summed E-state index contributed by atoms with van der Waals surface area (Å²) in [5.74, 6) is 0.334. The van der Waals surface area contributed by atoms with Crippen molar-refractivity contribution in [1.82, 2.24) is 0 Å². The minimum absolute atomic E-state index is 0.347. The van der Waals surface area contributed by atoms with Crippen LogP contribution in [0.2, 0.25) is 0 Å². The number of ether oxygens (including phenoxy) is 3. The highest BCUT2D eigenvalue weighted by Gasteiger charge is 2.19. The van der Waals surface area contributed by atoms with Gasteiger partial charge in [0.2, 0.25) is 0 Å². The average Bonchev–Trinajstić information content (AvgIpc) is 2.62. The first kappa shape index (κ1) is 17.3. The molecule has 1 unspecified atom stereocenters. The second-order valence-corrected chi connectivity index (χ2v) is 4.99. The van der Waals surface area contributed by atoms with E-state index in [0.717, 1.165) is 0 Å². The first-order valence-corrected chi connectivity index (χ1v) is 7.33. The first-order chi connectivity index (χ1) is 11.5. The summed E-state index contributed by atoms with van der Waals surface area (Å²) in [5, 5.41) is 2.68. The van der Waals surface area contributed by atoms with Gasteiger partial charge in [-0.1, -0.05) is 0 Å². The maximum atomic E-state index is 12.1. The van der Waals surface area contributed by atoms with E-state index in [4.69, 9.17) is 14.2 Å². The fraction of sp³-hybridized carbons (Fsp3) is 0.222. The molecule has 24 heavy (non-hydrogen) atoms. The summed E-state index contributed by atoms with van der Waals surface area (Å²) in [6.45, 7) is 1.51. The first-order valence-electron chi connectivity index (χ1n) is 7.33. The number of esters is 1. The Morgan fingerprint density at radius 1 is 0.875 bits per heavy atom. The normalized spacial score (nSPS) is 11.3. The van der Waals surface area contributed by atoms with E-state index in [-0.39, 0.29) is 0 Å². The Morgan fingerprint density at radius 2 is 1.38 bits per heavy atom. The highest BCUT2D eigenvalue weighted by Crippen LogP contribution is 2.16. The summed E-state index contributed by atoms with van der Waals surface area (Å²) in [6, 6.07) is 13.3. The molecule has 6 heteroatoms. The molecule has 1 atom stereocenters. The van der Waals surface area contributed by atoms with Crippen LogP contribution < -0.4 is 14.8 Å². The summed E-state index contributed by atoms with van der Waals surface area (Å²) < 4.78 is 15.2. The van der Waals surface area contributed by atoms with Crippen LogP contribution >= 0.6 is 0 Å². The van der Waals surface area contributed by atoms with Crippen molar-refractivity contribution in [2.24, 2.45) is 0 Å². The lowest BCUT2D eigenvalue weighted by molar-refractivity contribution is -0.123. The summed E-state index contributed by atoms with van der Waals surface area (Å²) in [5.41, 5.74) is 0.938. The number of amides is 1. The van der Waals surface area contributed by atoms with E-state index in [1.54, 1.807) is 62.8 Å². The highest BCUT2D eigenvalue weighted by atomic mass is 16.5. The molecule has 2 aromatic carbocycles. The quantitative estimate of drug-likeness (QED) is 0.825. The smallest absolute Gasteiger partial charge is 0.338 e. The lowest BCUT2D eigenvalue weighted by atomic mass is 10.2. The number of rotatable bonds is 6. The molecule has 1 N–H and O–H groups in total. The molecular weight excluding hydrogens is 310 g/mol. The Hall–Kier alpha value is -3.02. The van der Waals surface area contributed by atoms with Crippen LogP contribution in [-0.4, -0.2) is 32.2 Å². The van der Waals surface area contributed by atoms with E-state index in [1.165, 1.54) is 6.92 Å². The summed E-state index contributed by atoms with van der Waals surface area (Å²) in [7, 11) is 3.10. The van der Waals surface area contributed by atoms with E-state index in [0.29, 0.717) is 22.7 Å². The molecule has 1 amide bonds. The number of hydrogen-bond acceptors (Lipinski definition) is 5. The molecule has 2 rings (SSSR count). The monoisotopic (exact) mass is 329 g/mol. The van der Waals surface area contributed by atoms with Gasteiger partial charge in [-0.05, 0) is 55.5 Å². The molecule has 0 radical (unpaired) electrons. The molecule has 0 aliphatic rings. The van der Waals surface area contributed by atoms with Gasteiger partial charge in [-0.2, -0.15) is 0 Å². The summed E-state index contributed by atoms with van der Waals surface area (Å²) >= 11 is 0. The van der Waals surface area contributed by atoms with Gasteiger partial charge in [0.15, 0.2) is 6.10 Å². The Balaban J connectivity index is 1.93. The van der Waals surface area contributed by atoms with Gasteiger partial charge in [0.25, 0.3) is 5.91 Å². The van der Waals surface area contributed by atoms with Crippen molar-refractivity contribution in [3.8, 4) is 11.5 Å². The standard InChI is InChI=1S/C18H19NO5/c1-12(17(20)19-14-6-10-16(23-3)11-7-14)24-18(21)13-4-8-15(22-2)9-5-13/h4-12H,1-3H3,(H,19,20). The molecule has 2 aromatic rings. The van der Waals surface area contributed by atoms with Crippen molar-refractivity contribution in [2.75, 3.05) is 19.5 Å². The third-order valence-electron chi connectivity index (χ3n) is 3.34. The van der Waals surface area contributed by atoms with Gasteiger partial charge >= 0.3 is 5.97 Å². The topological polar surface area (TPSA) is 73.9 Å². The number of carbonyl (C=O) groups is 2. The van der Waals surface area contributed by atoms with Crippen LogP contribution in [-0.2, 0) is 9.53 Å². The number of anilines is 1. The zero-order chi connectivity index (χ0) is 17.5. The zero-order valence-electron chi connectivity index (χ0n) is 13.7. The predicted molar refractivity (Wildman–Crippen MR) is 89.5 cm³/mol. The van der Waals surface area contributed by atoms with Gasteiger partial charge in [-0.25, -0.2) is 4.79 Å². The number of hydrogen-bond donors (Lipinski definition) is 1. The van der Waals surface area contributed by atoms with Crippen LogP contribution in [0.1, 0.15) is 17.3 Å². The van der Waals surface area contributed by atoms with Crippen LogP contribution in [0, 0.1) is 0 Å². The fourth-order valence-electron chi connectivity index (χ4n) is 1.93. The molecule has 0 bridgehead atoms. The molecule has 6 nitrogen and oxygen atoms in total. The number of carbonyl (C=O) groups excluding carboxylic acids is 2. The Kier molecular flexibility index (Phi) is 5.78. The molecule has 0 spiro atoms. The Labute approximate surface area is 140 Å². The highest BCUT2D eigenvalue weighted by molar-refractivity contribution is 5.97. The van der Waals surface area contributed by atoms with E-state index < -0.39 is 18.0 Å². The van der Waals surface area contributed by atoms with Gasteiger partial charge in [-0.15, -0.1) is 0 Å². The predicted octanol–water partition coefficient (Wildman–Crippen LogP) is 2.89. The molecule has 0 saturated carbocycles. The molecular formula is C18H19NO5.